The van der Waals surface area contributed by atoms with Gasteiger partial charge in [0.25, 0.3) is 0 Å². The number of carbonyl (C=O) groups excluding carboxylic acids is 1. The second kappa shape index (κ2) is 10.1. The van der Waals surface area contributed by atoms with Crippen LogP contribution in [0.15, 0.2) is 76.5 Å². The summed E-state index contributed by atoms with van der Waals surface area (Å²) in [5.41, 5.74) is 2.35. The van der Waals surface area contributed by atoms with Crippen molar-refractivity contribution < 1.29 is 30.0 Å². The van der Waals surface area contributed by atoms with Gasteiger partial charge in [0.2, 0.25) is 6.41 Å². The molecule has 3 rings (SSSR count). The summed E-state index contributed by atoms with van der Waals surface area (Å²) in [6.07, 6.45) is 0.912. The summed E-state index contributed by atoms with van der Waals surface area (Å²) in [5, 5.41) is 2.51. The quantitative estimate of drug-likeness (QED) is 0.264. The van der Waals surface area contributed by atoms with Crippen molar-refractivity contribution in [3.8, 4) is 11.5 Å². The Bertz CT molecular complexity index is 1330. The molecule has 10 heteroatoms. The zero-order chi connectivity index (χ0) is 24.1. The number of rotatable bonds is 10. The van der Waals surface area contributed by atoms with Crippen LogP contribution in [-0.2, 0) is 31.5 Å². The van der Waals surface area contributed by atoms with E-state index in [4.69, 9.17) is 8.37 Å². The standard InChI is InChI=1S/C23H23NO7S2/c1-17-3-8-20(9-4-17)32(26,27)30-22-12-7-19(13-14-24-16-25)15-23(22)31-33(28,29)21-10-5-18(2)6-11-21/h3-12,15-16H,13-14H2,1-2H3,(H,24,25). The van der Waals surface area contributed by atoms with Gasteiger partial charge in [-0.25, -0.2) is 0 Å². The molecule has 0 saturated heterocycles. The van der Waals surface area contributed by atoms with E-state index in [-0.39, 0.29) is 21.3 Å². The van der Waals surface area contributed by atoms with Crippen molar-refractivity contribution in [3.05, 3.63) is 83.4 Å². The van der Waals surface area contributed by atoms with Gasteiger partial charge in [-0.05, 0) is 62.2 Å². The number of benzene rings is 3. The van der Waals surface area contributed by atoms with Gasteiger partial charge in [0.05, 0.1) is 0 Å². The van der Waals surface area contributed by atoms with Crippen molar-refractivity contribution in [2.24, 2.45) is 0 Å². The van der Waals surface area contributed by atoms with Gasteiger partial charge in [-0.2, -0.15) is 16.8 Å². The third-order valence-corrected chi connectivity index (χ3v) is 7.16. The molecule has 0 fully saturated rings. The van der Waals surface area contributed by atoms with Crippen LogP contribution in [0.5, 0.6) is 11.5 Å². The molecule has 0 heterocycles. The number of hydrogen-bond donors (Lipinski definition) is 1. The summed E-state index contributed by atoms with van der Waals surface area (Å²) in [6.45, 7) is 3.93. The molecule has 0 spiro atoms. The molecular formula is C23H23NO7S2. The lowest BCUT2D eigenvalue weighted by atomic mass is 10.1. The van der Waals surface area contributed by atoms with Crippen LogP contribution in [0, 0.1) is 13.8 Å². The van der Waals surface area contributed by atoms with E-state index in [9.17, 15) is 21.6 Å². The summed E-state index contributed by atoms with van der Waals surface area (Å²) >= 11 is 0. The summed E-state index contributed by atoms with van der Waals surface area (Å²) < 4.78 is 61.7. The first kappa shape index (κ1) is 24.3. The molecular weight excluding hydrogens is 466 g/mol. The lowest BCUT2D eigenvalue weighted by Crippen LogP contribution is -2.16. The van der Waals surface area contributed by atoms with Gasteiger partial charge in [-0.3, -0.25) is 4.79 Å². The van der Waals surface area contributed by atoms with Crippen LogP contribution in [0.1, 0.15) is 16.7 Å². The number of aryl methyl sites for hydroxylation is 2. The Hall–Kier alpha value is -3.37. The molecule has 8 nitrogen and oxygen atoms in total. The van der Waals surface area contributed by atoms with Crippen LogP contribution < -0.4 is 13.7 Å². The minimum Gasteiger partial charge on any atom is -0.375 e. The summed E-state index contributed by atoms with van der Waals surface area (Å²) in [5.74, 6) is -0.562. The maximum Gasteiger partial charge on any atom is 0.339 e. The minimum absolute atomic E-state index is 0.0836. The molecule has 1 N–H and O–H groups in total. The maximum atomic E-state index is 12.8. The first-order chi connectivity index (χ1) is 15.6. The second-order valence-electron chi connectivity index (χ2n) is 7.30. The number of hydrogen-bond acceptors (Lipinski definition) is 7. The topological polar surface area (TPSA) is 116 Å². The molecule has 0 bridgehead atoms. The zero-order valence-electron chi connectivity index (χ0n) is 18.0. The van der Waals surface area contributed by atoms with E-state index in [1.165, 1.54) is 36.4 Å². The van der Waals surface area contributed by atoms with Crippen LogP contribution in [0.3, 0.4) is 0 Å². The molecule has 0 aliphatic carbocycles. The van der Waals surface area contributed by atoms with Gasteiger partial charge in [0.1, 0.15) is 9.79 Å². The third-order valence-electron chi connectivity index (χ3n) is 4.67. The van der Waals surface area contributed by atoms with Gasteiger partial charge in [-0.15, -0.1) is 0 Å². The fraction of sp³-hybridized carbons (Fsp3) is 0.174. The van der Waals surface area contributed by atoms with E-state index in [1.54, 1.807) is 30.3 Å². The van der Waals surface area contributed by atoms with Crippen LogP contribution in [0.25, 0.3) is 0 Å². The molecule has 0 aliphatic heterocycles. The van der Waals surface area contributed by atoms with Crippen LogP contribution in [-0.4, -0.2) is 29.8 Å². The third kappa shape index (κ3) is 6.33. The highest BCUT2D eigenvalue weighted by molar-refractivity contribution is 7.87. The first-order valence-corrected chi connectivity index (χ1v) is 12.7. The highest BCUT2D eigenvalue weighted by Gasteiger charge is 2.24. The lowest BCUT2D eigenvalue weighted by molar-refractivity contribution is -0.109. The molecule has 1 amide bonds. The highest BCUT2D eigenvalue weighted by atomic mass is 32.2. The summed E-state index contributed by atoms with van der Waals surface area (Å²) in [6, 6.07) is 16.3. The predicted octanol–water partition coefficient (Wildman–Crippen LogP) is 3.13. The molecule has 0 atom stereocenters. The van der Waals surface area contributed by atoms with Crippen molar-refractivity contribution in [3.63, 3.8) is 0 Å². The smallest absolute Gasteiger partial charge is 0.339 e. The van der Waals surface area contributed by atoms with E-state index in [2.05, 4.69) is 5.32 Å². The average molecular weight is 490 g/mol. The Kier molecular flexibility index (Phi) is 7.39. The number of amides is 1. The van der Waals surface area contributed by atoms with Crippen molar-refractivity contribution in [2.75, 3.05) is 6.54 Å². The molecule has 0 unspecified atom stereocenters. The van der Waals surface area contributed by atoms with Crippen molar-refractivity contribution in [1.29, 1.82) is 0 Å². The molecule has 3 aromatic rings. The Labute approximate surface area is 193 Å². The van der Waals surface area contributed by atoms with Gasteiger partial charge in [-0.1, -0.05) is 41.5 Å². The van der Waals surface area contributed by atoms with Gasteiger partial charge >= 0.3 is 20.2 Å². The second-order valence-corrected chi connectivity index (χ2v) is 10.4. The van der Waals surface area contributed by atoms with Crippen LogP contribution in [0.2, 0.25) is 0 Å². The SMILES string of the molecule is Cc1ccc(S(=O)(=O)Oc2ccc(CCNC=O)cc2OS(=O)(=O)c2ccc(C)cc2)cc1. The highest BCUT2D eigenvalue weighted by Crippen LogP contribution is 2.33. The van der Waals surface area contributed by atoms with Crippen LogP contribution in [0.4, 0.5) is 0 Å². The summed E-state index contributed by atoms with van der Waals surface area (Å²) in [7, 11) is -8.51. The predicted molar refractivity (Wildman–Crippen MR) is 122 cm³/mol. The van der Waals surface area contributed by atoms with E-state index < -0.39 is 20.2 Å². The molecule has 0 aromatic heterocycles. The fourth-order valence-electron chi connectivity index (χ4n) is 2.86. The molecule has 0 radical (unpaired) electrons. The van der Waals surface area contributed by atoms with E-state index >= 15 is 0 Å². The fourth-order valence-corrected chi connectivity index (χ4v) is 4.73. The number of nitrogens with one attached hydrogen (secondary N) is 1. The van der Waals surface area contributed by atoms with E-state index in [0.29, 0.717) is 24.9 Å². The minimum atomic E-state index is -4.27. The molecule has 33 heavy (non-hydrogen) atoms. The Balaban J connectivity index is 1.97. The van der Waals surface area contributed by atoms with Crippen molar-refractivity contribution >= 4 is 26.6 Å². The maximum absolute atomic E-state index is 12.8. The van der Waals surface area contributed by atoms with Gasteiger partial charge < -0.3 is 13.7 Å². The largest absolute Gasteiger partial charge is 0.375 e. The van der Waals surface area contributed by atoms with Gasteiger partial charge in [0, 0.05) is 6.54 Å². The van der Waals surface area contributed by atoms with Gasteiger partial charge in [0.15, 0.2) is 11.5 Å². The van der Waals surface area contributed by atoms with E-state index in [1.807, 2.05) is 13.8 Å². The summed E-state index contributed by atoms with van der Waals surface area (Å²) in [4.78, 5) is 10.3. The van der Waals surface area contributed by atoms with Crippen molar-refractivity contribution in [2.45, 2.75) is 30.1 Å². The van der Waals surface area contributed by atoms with E-state index in [0.717, 1.165) is 11.1 Å². The Morgan fingerprint density at radius 1 is 0.727 bits per heavy atom. The molecule has 0 saturated carbocycles. The Morgan fingerprint density at radius 2 is 1.21 bits per heavy atom. The Morgan fingerprint density at radius 3 is 1.70 bits per heavy atom. The van der Waals surface area contributed by atoms with Crippen LogP contribution >= 0.6 is 0 Å². The first-order valence-electron chi connectivity index (χ1n) is 9.93. The molecule has 3 aromatic carbocycles. The van der Waals surface area contributed by atoms with Crippen molar-refractivity contribution in [1.82, 2.24) is 5.32 Å². The normalized spacial score (nSPS) is 11.6. The monoisotopic (exact) mass is 489 g/mol. The lowest BCUT2D eigenvalue weighted by Gasteiger charge is -2.14. The molecule has 174 valence electrons. The molecule has 0 aliphatic rings. The zero-order valence-corrected chi connectivity index (χ0v) is 19.6. The average Bonchev–Trinajstić information content (AvgIpc) is 2.76. The number of carbonyl (C=O) groups is 1.